The SMILES string of the molecule is NC(=NCc1cccc(OC(F)(F)F)c1)C1=CC2OC(F)(F)C(F)(F)OC2C=C1. The second-order valence-electron chi connectivity index (χ2n) is 6.08. The fourth-order valence-corrected chi connectivity index (χ4v) is 2.60. The number of fused-ring (bicyclic) bond motifs is 1. The molecule has 0 radical (unpaired) electrons. The van der Waals surface area contributed by atoms with Gasteiger partial charge in [-0.3, -0.25) is 4.99 Å². The monoisotopic (exact) mass is 426 g/mol. The third-order valence-corrected chi connectivity index (χ3v) is 3.90. The van der Waals surface area contributed by atoms with Crippen molar-refractivity contribution in [1.82, 2.24) is 0 Å². The highest BCUT2D eigenvalue weighted by atomic mass is 19.4. The highest BCUT2D eigenvalue weighted by Crippen LogP contribution is 2.44. The van der Waals surface area contributed by atoms with Crippen molar-refractivity contribution >= 4 is 5.84 Å². The van der Waals surface area contributed by atoms with Crippen LogP contribution in [0.15, 0.2) is 53.1 Å². The van der Waals surface area contributed by atoms with Gasteiger partial charge in [0.25, 0.3) is 0 Å². The molecule has 2 atom stereocenters. The first kappa shape index (κ1) is 21.1. The molecule has 0 aromatic heterocycles. The molecule has 1 fully saturated rings. The highest BCUT2D eigenvalue weighted by Gasteiger charge is 2.65. The van der Waals surface area contributed by atoms with Crippen molar-refractivity contribution in [2.24, 2.45) is 10.7 Å². The molecule has 158 valence electrons. The maximum atomic E-state index is 13.3. The average Bonchev–Trinajstić information content (AvgIpc) is 2.58. The molecule has 1 heterocycles. The third-order valence-electron chi connectivity index (χ3n) is 3.90. The van der Waals surface area contributed by atoms with Gasteiger partial charge in [0, 0.05) is 5.57 Å². The molecule has 1 aliphatic heterocycles. The smallest absolute Gasteiger partial charge is 0.406 e. The molecular weight excluding hydrogens is 413 g/mol. The molecule has 12 heteroatoms. The van der Waals surface area contributed by atoms with Crippen molar-refractivity contribution in [3.63, 3.8) is 0 Å². The Hall–Kier alpha value is -2.60. The van der Waals surface area contributed by atoms with E-state index in [1.54, 1.807) is 0 Å². The van der Waals surface area contributed by atoms with Crippen LogP contribution in [0.2, 0.25) is 0 Å². The van der Waals surface area contributed by atoms with Crippen LogP contribution in [0, 0.1) is 0 Å². The summed E-state index contributed by atoms with van der Waals surface area (Å²) in [5.41, 5.74) is 6.21. The fraction of sp³-hybridized carbons (Fsp3) is 0.353. The number of aliphatic imine (C=N–C) groups is 1. The molecule has 1 saturated heterocycles. The van der Waals surface area contributed by atoms with Crippen LogP contribution in [0.1, 0.15) is 5.56 Å². The molecule has 3 rings (SSSR count). The first-order chi connectivity index (χ1) is 13.4. The summed E-state index contributed by atoms with van der Waals surface area (Å²) in [5.74, 6) is -0.606. The summed E-state index contributed by atoms with van der Waals surface area (Å²) < 4.78 is 102. The van der Waals surface area contributed by atoms with E-state index in [4.69, 9.17) is 5.73 Å². The number of nitrogens with two attached hydrogens (primary N) is 1. The van der Waals surface area contributed by atoms with Gasteiger partial charge in [-0.05, 0) is 23.8 Å². The van der Waals surface area contributed by atoms with Gasteiger partial charge in [-0.2, -0.15) is 17.6 Å². The second kappa shape index (κ2) is 7.34. The van der Waals surface area contributed by atoms with E-state index in [-0.39, 0.29) is 18.0 Å². The maximum Gasteiger partial charge on any atom is 0.573 e. The Morgan fingerprint density at radius 1 is 1.10 bits per heavy atom. The summed E-state index contributed by atoms with van der Waals surface area (Å²) in [6.45, 7) is -0.147. The Bertz CT molecular complexity index is 865. The molecule has 5 nitrogen and oxygen atoms in total. The normalized spacial score (nSPS) is 25.9. The minimum atomic E-state index is -4.85. The van der Waals surface area contributed by atoms with Gasteiger partial charge in [-0.15, -0.1) is 13.2 Å². The third kappa shape index (κ3) is 4.88. The van der Waals surface area contributed by atoms with Gasteiger partial charge in [-0.25, -0.2) is 0 Å². The molecular formula is C17H13F7N2O3. The largest absolute Gasteiger partial charge is 0.573 e. The van der Waals surface area contributed by atoms with Crippen molar-refractivity contribution in [1.29, 1.82) is 0 Å². The number of alkyl halides is 7. The van der Waals surface area contributed by atoms with Gasteiger partial charge in [0.05, 0.1) is 6.54 Å². The molecule has 1 aromatic rings. The predicted molar refractivity (Wildman–Crippen MR) is 85.3 cm³/mol. The van der Waals surface area contributed by atoms with Crippen molar-refractivity contribution in [3.8, 4) is 5.75 Å². The van der Waals surface area contributed by atoms with E-state index in [1.807, 2.05) is 0 Å². The number of nitrogens with zero attached hydrogens (tertiary/aromatic N) is 1. The van der Waals surface area contributed by atoms with E-state index < -0.39 is 36.5 Å². The van der Waals surface area contributed by atoms with Gasteiger partial charge in [-0.1, -0.05) is 24.3 Å². The van der Waals surface area contributed by atoms with Crippen LogP contribution in [0.5, 0.6) is 5.75 Å². The maximum absolute atomic E-state index is 13.3. The zero-order chi connectivity index (χ0) is 21.4. The molecule has 29 heavy (non-hydrogen) atoms. The van der Waals surface area contributed by atoms with E-state index in [1.165, 1.54) is 18.2 Å². The van der Waals surface area contributed by atoms with E-state index >= 15 is 0 Å². The lowest BCUT2D eigenvalue weighted by Gasteiger charge is -2.39. The quantitative estimate of drug-likeness (QED) is 0.451. The van der Waals surface area contributed by atoms with Crippen molar-refractivity contribution < 1.29 is 44.9 Å². The molecule has 0 spiro atoms. The standard InChI is InChI=1S/C17H13F7N2O3/c18-15(19)16(20,21)29-13-7-10(4-5-12(13)28-15)14(25)26-8-9-2-1-3-11(6-9)27-17(22,23)24/h1-7,12-13H,8H2,(H2,25,26). The molecule has 2 N–H and O–H groups in total. The first-order valence-corrected chi connectivity index (χ1v) is 8.02. The zero-order valence-electron chi connectivity index (χ0n) is 14.3. The number of ether oxygens (including phenoxy) is 3. The summed E-state index contributed by atoms with van der Waals surface area (Å²) in [7, 11) is 0. The van der Waals surface area contributed by atoms with E-state index in [9.17, 15) is 30.7 Å². The summed E-state index contributed by atoms with van der Waals surface area (Å²) in [4.78, 5) is 3.96. The number of halogens is 7. The number of benzene rings is 1. The molecule has 1 aliphatic carbocycles. The number of hydrogen-bond donors (Lipinski definition) is 1. The lowest BCUT2D eigenvalue weighted by atomic mass is 10.0. The minimum absolute atomic E-state index is 0.110. The van der Waals surface area contributed by atoms with Crippen LogP contribution >= 0.6 is 0 Å². The minimum Gasteiger partial charge on any atom is -0.406 e. The predicted octanol–water partition coefficient (Wildman–Crippen LogP) is 3.91. The van der Waals surface area contributed by atoms with Crippen LogP contribution in [-0.4, -0.2) is 36.6 Å². The summed E-state index contributed by atoms with van der Waals surface area (Å²) in [6.07, 6.45) is -14.1. The van der Waals surface area contributed by atoms with E-state index in [2.05, 4.69) is 19.2 Å². The Morgan fingerprint density at radius 3 is 2.41 bits per heavy atom. The highest BCUT2D eigenvalue weighted by molar-refractivity contribution is 5.99. The second-order valence-corrected chi connectivity index (χ2v) is 6.08. The van der Waals surface area contributed by atoms with Crippen molar-refractivity contribution in [3.05, 3.63) is 53.6 Å². The average molecular weight is 426 g/mol. The number of amidine groups is 1. The molecule has 2 unspecified atom stereocenters. The van der Waals surface area contributed by atoms with Crippen LogP contribution < -0.4 is 10.5 Å². The van der Waals surface area contributed by atoms with Gasteiger partial charge in [0.1, 0.15) is 23.8 Å². The lowest BCUT2D eigenvalue weighted by Crippen LogP contribution is -2.57. The molecule has 0 bridgehead atoms. The zero-order valence-corrected chi connectivity index (χ0v) is 14.3. The van der Waals surface area contributed by atoms with Crippen molar-refractivity contribution in [2.75, 3.05) is 0 Å². The summed E-state index contributed by atoms with van der Waals surface area (Å²) in [6, 6.07) is 5.00. The van der Waals surface area contributed by atoms with Gasteiger partial charge in [0.15, 0.2) is 0 Å². The van der Waals surface area contributed by atoms with Crippen LogP contribution in [0.3, 0.4) is 0 Å². The molecule has 1 aromatic carbocycles. The fourth-order valence-electron chi connectivity index (χ4n) is 2.60. The van der Waals surface area contributed by atoms with Gasteiger partial charge >= 0.3 is 18.6 Å². The summed E-state index contributed by atoms with van der Waals surface area (Å²) in [5, 5.41) is 0. The number of rotatable bonds is 4. The molecule has 2 aliphatic rings. The molecule has 0 saturated carbocycles. The van der Waals surface area contributed by atoms with Crippen LogP contribution in [0.25, 0.3) is 0 Å². The molecule has 0 amide bonds. The van der Waals surface area contributed by atoms with E-state index in [0.29, 0.717) is 5.56 Å². The Morgan fingerprint density at radius 2 is 1.76 bits per heavy atom. The van der Waals surface area contributed by atoms with Crippen molar-refractivity contribution in [2.45, 2.75) is 37.3 Å². The van der Waals surface area contributed by atoms with Crippen LogP contribution in [0.4, 0.5) is 30.7 Å². The first-order valence-electron chi connectivity index (χ1n) is 8.02. The topological polar surface area (TPSA) is 66.1 Å². The Kier molecular flexibility index (Phi) is 5.34. The van der Waals surface area contributed by atoms with Crippen LogP contribution in [-0.2, 0) is 16.0 Å². The lowest BCUT2D eigenvalue weighted by molar-refractivity contribution is -0.478. The van der Waals surface area contributed by atoms with E-state index in [0.717, 1.165) is 24.3 Å². The Labute approximate surface area is 159 Å². The Balaban J connectivity index is 1.71. The number of hydrogen-bond acceptors (Lipinski definition) is 4. The summed E-state index contributed by atoms with van der Waals surface area (Å²) >= 11 is 0. The van der Waals surface area contributed by atoms with Gasteiger partial charge < -0.3 is 19.9 Å². The van der Waals surface area contributed by atoms with Gasteiger partial charge in [0.2, 0.25) is 0 Å².